The van der Waals surface area contributed by atoms with Gasteiger partial charge in [-0.3, -0.25) is 4.31 Å². The fraction of sp³-hybridized carbons (Fsp3) is 0.111. The van der Waals surface area contributed by atoms with Crippen molar-refractivity contribution in [3.05, 3.63) is 72.1 Å². The molecule has 2 aromatic carbocycles. The molecule has 1 aliphatic rings. The molecule has 0 bridgehead atoms. The van der Waals surface area contributed by atoms with Gasteiger partial charge in [-0.25, -0.2) is 17.9 Å². The number of hydrogen-bond acceptors (Lipinski definition) is 4. The van der Waals surface area contributed by atoms with Crippen molar-refractivity contribution in [1.82, 2.24) is 9.78 Å². The van der Waals surface area contributed by atoms with Gasteiger partial charge in [0.2, 0.25) is 0 Å². The van der Waals surface area contributed by atoms with Crippen LogP contribution in [0.4, 0.5) is 5.69 Å². The molecule has 1 aromatic heterocycles. The van der Waals surface area contributed by atoms with Crippen LogP contribution in [0.15, 0.2) is 65.8 Å². The maximum atomic E-state index is 13.0. The molecule has 0 aliphatic carbocycles. The maximum Gasteiger partial charge on any atom is 0.335 e. The number of carboxylic acid groups (broad SMARTS) is 1. The Bertz CT molecular complexity index is 1090. The van der Waals surface area contributed by atoms with Crippen LogP contribution in [0.1, 0.15) is 15.9 Å². The van der Waals surface area contributed by atoms with E-state index >= 15 is 0 Å². The number of carbonyl (C=O) groups is 1. The van der Waals surface area contributed by atoms with Gasteiger partial charge in [0.15, 0.2) is 0 Å². The number of nitrogens with zero attached hydrogens (tertiary/aromatic N) is 3. The summed E-state index contributed by atoms with van der Waals surface area (Å²) in [5, 5.41) is 13.2. The number of para-hydroxylation sites is 1. The van der Waals surface area contributed by atoms with Crippen molar-refractivity contribution < 1.29 is 18.3 Å². The minimum absolute atomic E-state index is 0.0940. The van der Waals surface area contributed by atoms with E-state index in [0.717, 1.165) is 5.69 Å². The van der Waals surface area contributed by atoms with Crippen LogP contribution in [0.25, 0.3) is 5.69 Å². The number of fused-ring (bicyclic) bond motifs is 1. The lowest BCUT2D eigenvalue weighted by atomic mass is 10.1. The average molecular weight is 369 g/mol. The lowest BCUT2D eigenvalue weighted by Gasteiger charge is -2.18. The molecular weight excluding hydrogens is 354 g/mol. The summed E-state index contributed by atoms with van der Waals surface area (Å²) in [6, 6.07) is 13.7. The maximum absolute atomic E-state index is 13.0. The van der Waals surface area contributed by atoms with Crippen molar-refractivity contribution in [3.8, 4) is 5.69 Å². The Morgan fingerprint density at radius 3 is 2.62 bits per heavy atom. The number of hydrogen-bond donors (Lipinski definition) is 1. The number of aromatic carboxylic acids is 1. The van der Waals surface area contributed by atoms with Crippen LogP contribution in [0, 0.1) is 0 Å². The molecule has 0 saturated carbocycles. The van der Waals surface area contributed by atoms with E-state index in [0.29, 0.717) is 17.7 Å². The van der Waals surface area contributed by atoms with Gasteiger partial charge in [-0.1, -0.05) is 18.2 Å². The summed E-state index contributed by atoms with van der Waals surface area (Å²) in [7, 11) is -3.77. The van der Waals surface area contributed by atoms with E-state index in [1.807, 2.05) is 30.3 Å². The molecule has 2 heterocycles. The molecule has 1 aliphatic heterocycles. The number of benzene rings is 2. The van der Waals surface area contributed by atoms with Gasteiger partial charge in [-0.15, -0.1) is 0 Å². The van der Waals surface area contributed by atoms with Gasteiger partial charge in [-0.05, 0) is 42.3 Å². The summed E-state index contributed by atoms with van der Waals surface area (Å²) in [5.41, 5.74) is 2.15. The summed E-state index contributed by atoms with van der Waals surface area (Å²) in [6.07, 6.45) is 3.28. The quantitative estimate of drug-likeness (QED) is 0.762. The Hall–Kier alpha value is -3.13. The summed E-state index contributed by atoms with van der Waals surface area (Å²) >= 11 is 0. The molecule has 4 rings (SSSR count). The van der Waals surface area contributed by atoms with Gasteiger partial charge in [0.25, 0.3) is 10.0 Å². The fourth-order valence-corrected chi connectivity index (χ4v) is 4.48. The minimum Gasteiger partial charge on any atom is -0.478 e. The van der Waals surface area contributed by atoms with Crippen molar-refractivity contribution >= 4 is 21.7 Å². The summed E-state index contributed by atoms with van der Waals surface area (Å²) in [4.78, 5) is 11.2. The highest BCUT2D eigenvalue weighted by molar-refractivity contribution is 7.92. The van der Waals surface area contributed by atoms with Crippen LogP contribution in [0.2, 0.25) is 0 Å². The second kappa shape index (κ2) is 5.99. The first-order valence-corrected chi connectivity index (χ1v) is 9.40. The van der Waals surface area contributed by atoms with E-state index in [1.54, 1.807) is 6.07 Å². The normalized spacial score (nSPS) is 13.6. The van der Waals surface area contributed by atoms with Crippen molar-refractivity contribution in [3.63, 3.8) is 0 Å². The van der Waals surface area contributed by atoms with E-state index in [4.69, 9.17) is 5.11 Å². The van der Waals surface area contributed by atoms with Crippen LogP contribution < -0.4 is 4.31 Å². The van der Waals surface area contributed by atoms with Crippen LogP contribution >= 0.6 is 0 Å². The molecule has 0 saturated heterocycles. The molecular formula is C18H15N3O4S. The topological polar surface area (TPSA) is 92.5 Å². The van der Waals surface area contributed by atoms with Crippen molar-refractivity contribution in [2.75, 3.05) is 10.8 Å². The number of rotatable bonds is 4. The summed E-state index contributed by atoms with van der Waals surface area (Å²) in [5.74, 6) is -1.03. The molecule has 0 radical (unpaired) electrons. The summed E-state index contributed by atoms with van der Waals surface area (Å²) < 4.78 is 28.9. The van der Waals surface area contributed by atoms with Crippen molar-refractivity contribution in [1.29, 1.82) is 0 Å². The van der Waals surface area contributed by atoms with E-state index in [-0.39, 0.29) is 17.0 Å². The van der Waals surface area contributed by atoms with Crippen molar-refractivity contribution in [2.45, 2.75) is 11.3 Å². The summed E-state index contributed by atoms with van der Waals surface area (Å²) in [6.45, 7) is 0.275. The Balaban J connectivity index is 1.69. The number of carboxylic acids is 1. The molecule has 26 heavy (non-hydrogen) atoms. The Morgan fingerprint density at radius 2 is 1.88 bits per heavy atom. The molecule has 0 fully saturated rings. The third-order valence-electron chi connectivity index (χ3n) is 4.35. The standard InChI is InChI=1S/C18H15N3O4S/c22-18(23)14-6-7-17-13(10-14)8-9-21(17)26(24,25)16-11-19-20(12-16)15-4-2-1-3-5-15/h1-7,10-12H,8-9H2,(H,22,23). The number of sulfonamides is 1. The van der Waals surface area contributed by atoms with Gasteiger partial charge in [0.05, 0.1) is 29.3 Å². The number of aromatic nitrogens is 2. The molecule has 0 atom stereocenters. The SMILES string of the molecule is O=C(O)c1ccc2c(c1)CCN2S(=O)(=O)c1cnn(-c2ccccc2)c1. The van der Waals surface area contributed by atoms with Crippen LogP contribution in [-0.4, -0.2) is 35.8 Å². The smallest absolute Gasteiger partial charge is 0.335 e. The highest BCUT2D eigenvalue weighted by Crippen LogP contribution is 2.33. The van der Waals surface area contributed by atoms with Gasteiger partial charge in [0, 0.05) is 6.54 Å². The highest BCUT2D eigenvalue weighted by atomic mass is 32.2. The Morgan fingerprint density at radius 1 is 1.12 bits per heavy atom. The lowest BCUT2D eigenvalue weighted by Crippen LogP contribution is -2.28. The first kappa shape index (κ1) is 16.3. The van der Waals surface area contributed by atoms with Crippen LogP contribution in [-0.2, 0) is 16.4 Å². The van der Waals surface area contributed by atoms with E-state index in [9.17, 15) is 13.2 Å². The third-order valence-corrected chi connectivity index (χ3v) is 6.11. The second-order valence-electron chi connectivity index (χ2n) is 5.93. The van der Waals surface area contributed by atoms with Crippen LogP contribution in [0.5, 0.6) is 0 Å². The van der Waals surface area contributed by atoms with E-state index in [1.165, 1.54) is 33.5 Å². The molecule has 7 nitrogen and oxygen atoms in total. The molecule has 0 amide bonds. The first-order valence-electron chi connectivity index (χ1n) is 7.96. The van der Waals surface area contributed by atoms with E-state index < -0.39 is 16.0 Å². The highest BCUT2D eigenvalue weighted by Gasteiger charge is 2.32. The lowest BCUT2D eigenvalue weighted by molar-refractivity contribution is 0.0697. The zero-order valence-corrected chi connectivity index (χ0v) is 14.4. The third kappa shape index (κ3) is 2.64. The molecule has 1 N–H and O–H groups in total. The molecule has 8 heteroatoms. The van der Waals surface area contributed by atoms with Crippen molar-refractivity contribution in [2.24, 2.45) is 0 Å². The zero-order valence-electron chi connectivity index (χ0n) is 13.6. The van der Waals surface area contributed by atoms with Crippen LogP contribution in [0.3, 0.4) is 0 Å². The van der Waals surface area contributed by atoms with Gasteiger partial charge >= 0.3 is 5.97 Å². The predicted octanol–water partition coefficient (Wildman–Crippen LogP) is 2.32. The molecule has 132 valence electrons. The first-order chi connectivity index (χ1) is 12.5. The molecule has 0 unspecified atom stereocenters. The largest absolute Gasteiger partial charge is 0.478 e. The van der Waals surface area contributed by atoms with Gasteiger partial charge < -0.3 is 5.11 Å². The average Bonchev–Trinajstić information content (AvgIpc) is 3.29. The van der Waals surface area contributed by atoms with Gasteiger partial charge in [0.1, 0.15) is 4.90 Å². The molecule has 0 spiro atoms. The zero-order chi connectivity index (χ0) is 18.3. The molecule has 3 aromatic rings. The number of anilines is 1. The monoisotopic (exact) mass is 369 g/mol. The second-order valence-corrected chi connectivity index (χ2v) is 7.79. The Kier molecular flexibility index (Phi) is 3.77. The van der Waals surface area contributed by atoms with Gasteiger partial charge in [-0.2, -0.15) is 5.10 Å². The fourth-order valence-electron chi connectivity index (χ4n) is 3.04. The minimum atomic E-state index is -3.77. The van der Waals surface area contributed by atoms with E-state index in [2.05, 4.69) is 5.10 Å². The predicted molar refractivity (Wildman–Crippen MR) is 95.2 cm³/mol. The Labute approximate surface area is 150 Å².